The maximum Gasteiger partial charge on any atom is 0.235 e. The van der Waals surface area contributed by atoms with E-state index in [0.29, 0.717) is 0 Å². The van der Waals surface area contributed by atoms with Crippen LogP contribution >= 0.6 is 0 Å². The van der Waals surface area contributed by atoms with E-state index in [4.69, 9.17) is 5.73 Å². The Bertz CT molecular complexity index is 471. The summed E-state index contributed by atoms with van der Waals surface area (Å²) in [4.78, 5) is 11.4. The Labute approximate surface area is 101 Å². The summed E-state index contributed by atoms with van der Waals surface area (Å²) in [5, 5.41) is 0. The number of amides is 1. The molecule has 0 aromatic heterocycles. The van der Waals surface area contributed by atoms with Gasteiger partial charge in [-0.2, -0.15) is 0 Å². The molecule has 1 aromatic rings. The van der Waals surface area contributed by atoms with Crippen molar-refractivity contribution in [3.63, 3.8) is 0 Å². The van der Waals surface area contributed by atoms with E-state index in [9.17, 15) is 13.2 Å². The Morgan fingerprint density at radius 1 is 1.35 bits per heavy atom. The third-order valence-electron chi connectivity index (χ3n) is 2.28. The minimum absolute atomic E-state index is 0.0523. The van der Waals surface area contributed by atoms with Crippen LogP contribution in [-0.4, -0.2) is 20.1 Å². The zero-order chi connectivity index (χ0) is 12.9. The lowest BCUT2D eigenvalue weighted by atomic mass is 10.1. The molecule has 0 bridgehead atoms. The third kappa shape index (κ3) is 4.54. The normalized spacial score (nSPS) is 13.1. The minimum Gasteiger partial charge on any atom is -0.324 e. The van der Waals surface area contributed by atoms with Gasteiger partial charge in [-0.25, -0.2) is 8.42 Å². The van der Waals surface area contributed by atoms with Crippen molar-refractivity contribution in [1.82, 2.24) is 4.72 Å². The second kappa shape index (κ2) is 5.79. The number of sulfonamides is 1. The predicted octanol–water partition coefficient (Wildman–Crippen LogP) is 0.542. The molecule has 0 saturated carbocycles. The molecular weight excluding hydrogens is 240 g/mol. The smallest absolute Gasteiger partial charge is 0.235 e. The molecule has 0 radical (unpaired) electrons. The number of rotatable bonds is 5. The van der Waals surface area contributed by atoms with Crippen LogP contribution in [0.2, 0.25) is 0 Å². The van der Waals surface area contributed by atoms with E-state index in [-0.39, 0.29) is 12.2 Å². The molecule has 0 fully saturated rings. The van der Waals surface area contributed by atoms with Crippen LogP contribution in [0, 0.1) is 0 Å². The molecule has 0 saturated heterocycles. The van der Waals surface area contributed by atoms with Crippen molar-refractivity contribution >= 4 is 15.9 Å². The summed E-state index contributed by atoms with van der Waals surface area (Å²) < 4.78 is 24.3. The second-order valence-corrected chi connectivity index (χ2v) is 5.66. The van der Waals surface area contributed by atoms with Crippen LogP contribution in [0.4, 0.5) is 0 Å². The molecule has 5 nitrogen and oxygen atoms in total. The highest BCUT2D eigenvalue weighted by molar-refractivity contribution is 7.90. The zero-order valence-electron chi connectivity index (χ0n) is 9.59. The van der Waals surface area contributed by atoms with E-state index in [1.54, 1.807) is 12.1 Å². The number of benzene rings is 1. The van der Waals surface area contributed by atoms with E-state index in [1.165, 1.54) is 6.92 Å². The van der Waals surface area contributed by atoms with E-state index in [2.05, 4.69) is 0 Å². The average Bonchev–Trinajstić information content (AvgIpc) is 2.29. The Balaban J connectivity index is 2.59. The molecule has 1 atom stereocenters. The first-order valence-corrected chi connectivity index (χ1v) is 6.93. The maximum absolute atomic E-state index is 11.4. The Kier molecular flexibility index (Phi) is 4.65. The quantitative estimate of drug-likeness (QED) is 0.804. The van der Waals surface area contributed by atoms with Crippen molar-refractivity contribution < 1.29 is 13.2 Å². The van der Waals surface area contributed by atoms with Crippen LogP contribution in [0.1, 0.15) is 24.9 Å². The molecule has 6 heteroatoms. The topological polar surface area (TPSA) is 89.3 Å². The Hall–Kier alpha value is -1.40. The monoisotopic (exact) mass is 256 g/mol. The van der Waals surface area contributed by atoms with Crippen LogP contribution in [0.5, 0.6) is 0 Å². The molecule has 0 heterocycles. The van der Waals surface area contributed by atoms with Crippen molar-refractivity contribution in [2.45, 2.75) is 19.4 Å². The summed E-state index contributed by atoms with van der Waals surface area (Å²) in [6.45, 7) is 1.47. The van der Waals surface area contributed by atoms with Crippen molar-refractivity contribution in [1.29, 1.82) is 0 Å². The van der Waals surface area contributed by atoms with Gasteiger partial charge in [-0.3, -0.25) is 9.52 Å². The number of nitrogens with two attached hydrogens (primary N) is 1. The number of carbonyl (C=O) groups is 1. The fraction of sp³-hybridized carbons (Fsp3) is 0.364. The molecule has 1 aromatic carbocycles. The van der Waals surface area contributed by atoms with Gasteiger partial charge in [0.2, 0.25) is 15.9 Å². The lowest BCUT2D eigenvalue weighted by molar-refractivity contribution is -0.119. The van der Waals surface area contributed by atoms with Gasteiger partial charge in [-0.15, -0.1) is 0 Å². The highest BCUT2D eigenvalue weighted by atomic mass is 32.2. The molecule has 1 rings (SSSR count). The van der Waals surface area contributed by atoms with Crippen LogP contribution in [0.15, 0.2) is 30.3 Å². The SMILES string of the molecule is CCS(=O)(=O)NC(=O)CC(N)c1ccccc1. The van der Waals surface area contributed by atoms with Gasteiger partial charge < -0.3 is 5.73 Å². The van der Waals surface area contributed by atoms with Gasteiger partial charge in [0.15, 0.2) is 0 Å². The molecule has 1 amide bonds. The van der Waals surface area contributed by atoms with E-state index in [0.717, 1.165) is 5.56 Å². The molecule has 94 valence electrons. The number of nitrogens with one attached hydrogen (secondary N) is 1. The van der Waals surface area contributed by atoms with Gasteiger partial charge in [0, 0.05) is 12.5 Å². The van der Waals surface area contributed by atoms with E-state index >= 15 is 0 Å². The van der Waals surface area contributed by atoms with Crippen LogP contribution in [-0.2, 0) is 14.8 Å². The first-order valence-electron chi connectivity index (χ1n) is 5.28. The first-order chi connectivity index (χ1) is 7.94. The van der Waals surface area contributed by atoms with Crippen LogP contribution < -0.4 is 10.5 Å². The molecule has 17 heavy (non-hydrogen) atoms. The fourth-order valence-electron chi connectivity index (χ4n) is 1.31. The van der Waals surface area contributed by atoms with Gasteiger partial charge in [-0.1, -0.05) is 30.3 Å². The summed E-state index contributed by atoms with van der Waals surface area (Å²) in [6, 6.07) is 8.57. The Morgan fingerprint density at radius 3 is 2.47 bits per heavy atom. The number of carbonyl (C=O) groups excluding carboxylic acids is 1. The van der Waals surface area contributed by atoms with E-state index < -0.39 is 22.0 Å². The molecule has 0 aliphatic carbocycles. The van der Waals surface area contributed by atoms with Crippen LogP contribution in [0.3, 0.4) is 0 Å². The fourth-order valence-corrected chi connectivity index (χ4v) is 1.88. The van der Waals surface area contributed by atoms with Gasteiger partial charge in [0.05, 0.1) is 5.75 Å². The second-order valence-electron chi connectivity index (χ2n) is 3.65. The highest BCUT2D eigenvalue weighted by Crippen LogP contribution is 2.12. The summed E-state index contributed by atoms with van der Waals surface area (Å²) >= 11 is 0. The van der Waals surface area contributed by atoms with E-state index in [1.807, 2.05) is 22.9 Å². The van der Waals surface area contributed by atoms with Gasteiger partial charge in [-0.05, 0) is 12.5 Å². The lowest BCUT2D eigenvalue weighted by Gasteiger charge is -2.11. The molecule has 0 aliphatic rings. The van der Waals surface area contributed by atoms with Crippen molar-refractivity contribution in [2.75, 3.05) is 5.75 Å². The van der Waals surface area contributed by atoms with Gasteiger partial charge >= 0.3 is 0 Å². The largest absolute Gasteiger partial charge is 0.324 e. The minimum atomic E-state index is -3.50. The summed E-state index contributed by atoms with van der Waals surface area (Å²) in [5.41, 5.74) is 6.60. The summed E-state index contributed by atoms with van der Waals surface area (Å²) in [7, 11) is -3.50. The van der Waals surface area contributed by atoms with Crippen molar-refractivity contribution in [3.05, 3.63) is 35.9 Å². The average molecular weight is 256 g/mol. The van der Waals surface area contributed by atoms with Crippen molar-refractivity contribution in [2.24, 2.45) is 5.73 Å². The molecule has 0 spiro atoms. The lowest BCUT2D eigenvalue weighted by Crippen LogP contribution is -2.33. The molecule has 0 aliphatic heterocycles. The predicted molar refractivity (Wildman–Crippen MR) is 65.6 cm³/mol. The zero-order valence-corrected chi connectivity index (χ0v) is 10.4. The van der Waals surface area contributed by atoms with Crippen LogP contribution in [0.25, 0.3) is 0 Å². The first kappa shape index (κ1) is 13.7. The summed E-state index contributed by atoms with van der Waals surface area (Å²) in [6.07, 6.45) is -0.0523. The maximum atomic E-state index is 11.4. The van der Waals surface area contributed by atoms with Gasteiger partial charge in [0.25, 0.3) is 0 Å². The standard InChI is InChI=1S/C11H16N2O3S/c1-2-17(15,16)13-11(14)8-10(12)9-6-4-3-5-7-9/h3-7,10H,2,8,12H2,1H3,(H,13,14). The van der Waals surface area contributed by atoms with Crippen molar-refractivity contribution in [3.8, 4) is 0 Å². The molecular formula is C11H16N2O3S. The molecule has 1 unspecified atom stereocenters. The number of hydrogen-bond donors (Lipinski definition) is 2. The molecule has 3 N–H and O–H groups in total. The summed E-state index contributed by atoms with van der Waals surface area (Å²) in [5.74, 6) is -0.706. The Morgan fingerprint density at radius 2 is 1.94 bits per heavy atom. The third-order valence-corrected chi connectivity index (χ3v) is 3.58. The van der Waals surface area contributed by atoms with Gasteiger partial charge in [0.1, 0.15) is 0 Å². The highest BCUT2D eigenvalue weighted by Gasteiger charge is 2.16. The number of hydrogen-bond acceptors (Lipinski definition) is 4.